The molecule has 1 aliphatic rings. The van der Waals surface area contributed by atoms with Crippen LogP contribution in [0.1, 0.15) is 11.1 Å². The summed E-state index contributed by atoms with van der Waals surface area (Å²) < 4.78 is 50.4. The summed E-state index contributed by atoms with van der Waals surface area (Å²) in [5.41, 5.74) is 0.473. The Morgan fingerprint density at radius 1 is 1.06 bits per heavy atom. The molecule has 5 nitrogen and oxygen atoms in total. The molecule has 0 spiro atoms. The number of fused-ring (bicyclic) bond motifs is 1. The third kappa shape index (κ3) is 4.67. The SMILES string of the molecule is [C-]#[N+]c1ccc(Oc2ccc3c(c2)N(C(=O)Cc2cccc(C(F)(F)F)c2)CCO3)cc1. The summed E-state index contributed by atoms with van der Waals surface area (Å²) in [7, 11) is 0. The fraction of sp³-hybridized carbons (Fsp3) is 0.167. The summed E-state index contributed by atoms with van der Waals surface area (Å²) in [6, 6.07) is 16.4. The quantitative estimate of drug-likeness (QED) is 0.468. The normalized spacial score (nSPS) is 13.0. The number of hydrogen-bond donors (Lipinski definition) is 0. The van der Waals surface area contributed by atoms with Crippen molar-refractivity contribution in [2.45, 2.75) is 12.6 Å². The second-order valence-corrected chi connectivity index (χ2v) is 7.11. The van der Waals surface area contributed by atoms with E-state index >= 15 is 0 Å². The van der Waals surface area contributed by atoms with E-state index in [2.05, 4.69) is 4.85 Å². The predicted octanol–water partition coefficient (Wildman–Crippen LogP) is 6.02. The number of anilines is 1. The van der Waals surface area contributed by atoms with Crippen LogP contribution in [0.2, 0.25) is 0 Å². The first kappa shape index (κ1) is 21.2. The van der Waals surface area contributed by atoms with Crippen molar-refractivity contribution in [3.63, 3.8) is 0 Å². The molecule has 1 heterocycles. The molecule has 162 valence electrons. The van der Waals surface area contributed by atoms with Gasteiger partial charge in [-0.05, 0) is 35.9 Å². The lowest BCUT2D eigenvalue weighted by atomic mass is 10.1. The first-order valence-electron chi connectivity index (χ1n) is 9.72. The lowest BCUT2D eigenvalue weighted by molar-refractivity contribution is -0.137. The molecule has 0 saturated carbocycles. The van der Waals surface area contributed by atoms with E-state index < -0.39 is 11.7 Å². The number of halogens is 3. The van der Waals surface area contributed by atoms with Crippen LogP contribution in [0.5, 0.6) is 17.2 Å². The summed E-state index contributed by atoms with van der Waals surface area (Å²) in [4.78, 5) is 17.8. The van der Waals surface area contributed by atoms with E-state index in [1.165, 1.54) is 17.0 Å². The van der Waals surface area contributed by atoms with Gasteiger partial charge >= 0.3 is 6.18 Å². The Balaban J connectivity index is 1.55. The zero-order chi connectivity index (χ0) is 22.7. The molecule has 4 rings (SSSR count). The molecule has 0 N–H and O–H groups in total. The Morgan fingerprint density at radius 3 is 2.53 bits per heavy atom. The van der Waals surface area contributed by atoms with Crippen molar-refractivity contribution in [2.75, 3.05) is 18.1 Å². The predicted molar refractivity (Wildman–Crippen MR) is 112 cm³/mol. The average Bonchev–Trinajstić information content (AvgIpc) is 2.79. The summed E-state index contributed by atoms with van der Waals surface area (Å²) >= 11 is 0. The monoisotopic (exact) mass is 438 g/mol. The summed E-state index contributed by atoms with van der Waals surface area (Å²) in [6.45, 7) is 7.55. The van der Waals surface area contributed by atoms with Gasteiger partial charge in [0.15, 0.2) is 5.69 Å². The van der Waals surface area contributed by atoms with Crippen molar-refractivity contribution in [1.29, 1.82) is 0 Å². The van der Waals surface area contributed by atoms with E-state index in [-0.39, 0.29) is 31.0 Å². The highest BCUT2D eigenvalue weighted by Gasteiger charge is 2.31. The molecule has 32 heavy (non-hydrogen) atoms. The van der Waals surface area contributed by atoms with E-state index in [4.69, 9.17) is 16.0 Å². The van der Waals surface area contributed by atoms with Gasteiger partial charge in [0, 0.05) is 6.07 Å². The van der Waals surface area contributed by atoms with Crippen LogP contribution in [-0.4, -0.2) is 19.1 Å². The van der Waals surface area contributed by atoms with Gasteiger partial charge in [-0.15, -0.1) is 0 Å². The third-order valence-electron chi connectivity index (χ3n) is 4.91. The third-order valence-corrected chi connectivity index (χ3v) is 4.91. The summed E-state index contributed by atoms with van der Waals surface area (Å²) in [6.07, 6.45) is -4.64. The smallest absolute Gasteiger partial charge is 0.416 e. The lowest BCUT2D eigenvalue weighted by Gasteiger charge is -2.30. The minimum atomic E-state index is -4.47. The number of nitrogens with zero attached hydrogens (tertiary/aromatic N) is 2. The number of amides is 1. The zero-order valence-corrected chi connectivity index (χ0v) is 16.7. The fourth-order valence-corrected chi connectivity index (χ4v) is 3.37. The minimum Gasteiger partial charge on any atom is -0.490 e. The molecule has 0 atom stereocenters. The highest BCUT2D eigenvalue weighted by molar-refractivity contribution is 5.96. The van der Waals surface area contributed by atoms with Crippen LogP contribution < -0.4 is 14.4 Å². The molecule has 3 aromatic rings. The maximum absolute atomic E-state index is 13.0. The molecule has 0 unspecified atom stereocenters. The molecular formula is C24H17F3N2O3. The first-order valence-corrected chi connectivity index (χ1v) is 9.72. The number of benzene rings is 3. The van der Waals surface area contributed by atoms with Crippen LogP contribution in [0.15, 0.2) is 66.7 Å². The van der Waals surface area contributed by atoms with Gasteiger partial charge in [0.2, 0.25) is 5.91 Å². The van der Waals surface area contributed by atoms with Crippen molar-refractivity contribution in [3.8, 4) is 17.2 Å². The number of carbonyl (C=O) groups excluding carboxylic acids is 1. The average molecular weight is 438 g/mol. The van der Waals surface area contributed by atoms with Crippen LogP contribution in [0.3, 0.4) is 0 Å². The van der Waals surface area contributed by atoms with Crippen LogP contribution in [-0.2, 0) is 17.4 Å². The first-order chi connectivity index (χ1) is 15.3. The molecule has 0 fully saturated rings. The van der Waals surface area contributed by atoms with Crippen LogP contribution in [0.25, 0.3) is 4.85 Å². The van der Waals surface area contributed by atoms with Crippen molar-refractivity contribution in [1.82, 2.24) is 0 Å². The van der Waals surface area contributed by atoms with Crippen LogP contribution in [0.4, 0.5) is 24.5 Å². The molecular weight excluding hydrogens is 421 g/mol. The van der Waals surface area contributed by atoms with Gasteiger partial charge in [-0.3, -0.25) is 4.79 Å². The Bertz CT molecular complexity index is 1180. The van der Waals surface area contributed by atoms with Gasteiger partial charge in [-0.25, -0.2) is 4.85 Å². The molecule has 0 saturated heterocycles. The Morgan fingerprint density at radius 2 is 1.81 bits per heavy atom. The fourth-order valence-electron chi connectivity index (χ4n) is 3.37. The van der Waals surface area contributed by atoms with Crippen molar-refractivity contribution < 1.29 is 27.4 Å². The topological polar surface area (TPSA) is 43.1 Å². The molecule has 0 bridgehead atoms. The van der Waals surface area contributed by atoms with Gasteiger partial charge in [0.05, 0.1) is 30.8 Å². The molecule has 0 aromatic heterocycles. The second kappa shape index (κ2) is 8.63. The highest BCUT2D eigenvalue weighted by atomic mass is 19.4. The molecule has 3 aromatic carbocycles. The number of ether oxygens (including phenoxy) is 2. The standard InChI is InChI=1S/C24H17F3N2O3/c1-28-18-5-7-19(8-6-18)32-20-9-10-22-21(15-20)29(11-12-31-22)23(30)14-16-3-2-4-17(13-16)24(25,26)27/h2-10,13,15H,11-12,14H2. The maximum atomic E-state index is 13.0. The van der Waals surface area contributed by atoms with Gasteiger partial charge in [-0.2, -0.15) is 13.2 Å². The highest BCUT2D eigenvalue weighted by Crippen LogP contribution is 2.37. The second-order valence-electron chi connectivity index (χ2n) is 7.11. The van der Waals surface area contributed by atoms with Gasteiger partial charge in [0.25, 0.3) is 0 Å². The minimum absolute atomic E-state index is 0.174. The van der Waals surface area contributed by atoms with Gasteiger partial charge < -0.3 is 14.4 Å². The number of hydrogen-bond acceptors (Lipinski definition) is 3. The number of carbonyl (C=O) groups is 1. The van der Waals surface area contributed by atoms with E-state index in [0.29, 0.717) is 28.6 Å². The van der Waals surface area contributed by atoms with E-state index in [1.807, 2.05) is 0 Å². The van der Waals surface area contributed by atoms with Crippen LogP contribution >= 0.6 is 0 Å². The Kier molecular flexibility index (Phi) is 5.73. The van der Waals surface area contributed by atoms with Gasteiger partial charge in [-0.1, -0.05) is 30.3 Å². The Labute approximate surface area is 182 Å². The van der Waals surface area contributed by atoms with Crippen molar-refractivity contribution in [2.24, 2.45) is 0 Å². The summed E-state index contributed by atoms with van der Waals surface area (Å²) in [5, 5.41) is 0. The summed E-state index contributed by atoms with van der Waals surface area (Å²) in [5.74, 6) is 1.13. The molecule has 0 radical (unpaired) electrons. The van der Waals surface area contributed by atoms with Crippen molar-refractivity contribution in [3.05, 3.63) is 89.3 Å². The van der Waals surface area contributed by atoms with E-state index in [0.717, 1.165) is 12.1 Å². The lowest BCUT2D eigenvalue weighted by Crippen LogP contribution is -2.38. The molecule has 1 amide bonds. The molecule has 0 aliphatic carbocycles. The van der Waals surface area contributed by atoms with Gasteiger partial charge in [0.1, 0.15) is 23.9 Å². The van der Waals surface area contributed by atoms with E-state index in [1.54, 1.807) is 42.5 Å². The molecule has 8 heteroatoms. The Hall–Kier alpha value is -3.99. The maximum Gasteiger partial charge on any atom is 0.416 e. The van der Waals surface area contributed by atoms with E-state index in [9.17, 15) is 18.0 Å². The number of rotatable bonds is 4. The largest absolute Gasteiger partial charge is 0.490 e. The number of alkyl halides is 3. The van der Waals surface area contributed by atoms with Crippen molar-refractivity contribution >= 4 is 17.3 Å². The van der Waals surface area contributed by atoms with Crippen LogP contribution in [0, 0.1) is 6.57 Å². The zero-order valence-electron chi connectivity index (χ0n) is 16.7. The molecule has 1 aliphatic heterocycles.